The molecule has 2 atom stereocenters. The molecular formula is C37H43N7O5S. The van der Waals surface area contributed by atoms with Crippen LogP contribution in [0, 0.1) is 13.8 Å². The Balaban J connectivity index is 1.31. The number of aromatic nitrogens is 4. The SMILES string of the molecule is Cc1cccc(C)c1-c1cc2nc(n1)NS(=O)(=O)c1cccc(c1)C(=O)N(Cc1cncc(N3CCCC[C@H]3C)n1)[C@H](COC1CCC1)CO2. The van der Waals surface area contributed by atoms with Crippen molar-refractivity contribution in [3.05, 3.63) is 83.3 Å². The van der Waals surface area contributed by atoms with Gasteiger partial charge in [-0.3, -0.25) is 9.78 Å². The van der Waals surface area contributed by atoms with Gasteiger partial charge in [0, 0.05) is 29.8 Å². The molecule has 4 bridgehead atoms. The van der Waals surface area contributed by atoms with Gasteiger partial charge in [0.1, 0.15) is 12.4 Å². The van der Waals surface area contributed by atoms with Gasteiger partial charge in [-0.1, -0.05) is 24.3 Å². The molecule has 1 aliphatic carbocycles. The maximum absolute atomic E-state index is 14.5. The Bertz CT molecular complexity index is 1970. The first kappa shape index (κ1) is 33.9. The van der Waals surface area contributed by atoms with Gasteiger partial charge in [-0.05, 0) is 88.6 Å². The molecule has 0 spiro atoms. The zero-order chi connectivity index (χ0) is 34.8. The van der Waals surface area contributed by atoms with E-state index in [1.165, 1.54) is 18.6 Å². The van der Waals surface area contributed by atoms with Crippen LogP contribution in [0.2, 0.25) is 0 Å². The molecule has 2 fully saturated rings. The van der Waals surface area contributed by atoms with E-state index in [1.54, 1.807) is 35.5 Å². The lowest BCUT2D eigenvalue weighted by Gasteiger charge is -2.35. The van der Waals surface area contributed by atoms with Gasteiger partial charge in [0.05, 0.1) is 54.0 Å². The van der Waals surface area contributed by atoms with Crippen LogP contribution in [0.3, 0.4) is 0 Å². The van der Waals surface area contributed by atoms with Crippen molar-refractivity contribution in [3.63, 3.8) is 0 Å². The zero-order valence-corrected chi connectivity index (χ0v) is 29.5. The number of sulfonamides is 1. The van der Waals surface area contributed by atoms with Crippen molar-refractivity contribution in [1.29, 1.82) is 0 Å². The van der Waals surface area contributed by atoms with E-state index in [9.17, 15) is 13.2 Å². The van der Waals surface area contributed by atoms with E-state index in [1.807, 2.05) is 32.0 Å². The van der Waals surface area contributed by atoms with Crippen molar-refractivity contribution in [1.82, 2.24) is 24.8 Å². The van der Waals surface area contributed by atoms with Gasteiger partial charge in [-0.15, -0.1) is 0 Å². The second-order valence-corrected chi connectivity index (χ2v) is 15.2. The number of carbonyl (C=O) groups excluding carboxylic acids is 1. The second-order valence-electron chi connectivity index (χ2n) is 13.5. The first-order valence-corrected chi connectivity index (χ1v) is 18.8. The number of rotatable bonds is 7. The fraction of sp³-hybridized carbons (Fsp3) is 0.432. The lowest BCUT2D eigenvalue weighted by Crippen LogP contribution is -2.47. The standard InChI is InChI=1S/C37H43N7O5S/c1-24-9-6-10-25(2)35(24)32-18-34-41-37(40-32)42-50(46,47)31-15-7-12-27(17-31)36(45)44(29(23-49-34)22-48-30-13-8-14-30)21-28-19-38-20-33(39-28)43-16-5-4-11-26(43)3/h6-7,9-10,12,15,17-20,26,29-30H,4-5,8,11,13-14,16,21-23H2,1-3H3,(H,40,41,42)/t26-,29-/m1/s1. The maximum Gasteiger partial charge on any atom is 0.264 e. The number of anilines is 2. The largest absolute Gasteiger partial charge is 0.475 e. The summed E-state index contributed by atoms with van der Waals surface area (Å²) in [6, 6.07) is 13.4. The number of nitrogens with one attached hydrogen (secondary N) is 1. The summed E-state index contributed by atoms with van der Waals surface area (Å²) in [4.78, 5) is 37.0. The van der Waals surface area contributed by atoms with E-state index >= 15 is 0 Å². The van der Waals surface area contributed by atoms with E-state index in [2.05, 4.69) is 31.5 Å². The normalized spacial score (nSPS) is 20.8. The number of ether oxygens (including phenoxy) is 2. The van der Waals surface area contributed by atoms with E-state index in [0.29, 0.717) is 17.4 Å². The predicted octanol–water partition coefficient (Wildman–Crippen LogP) is 5.70. The summed E-state index contributed by atoms with van der Waals surface area (Å²) in [5, 5.41) is 0. The van der Waals surface area contributed by atoms with Gasteiger partial charge in [-0.25, -0.2) is 23.1 Å². The summed E-state index contributed by atoms with van der Waals surface area (Å²) in [5.74, 6) is 0.440. The molecule has 3 aliphatic rings. The van der Waals surface area contributed by atoms with Crippen LogP contribution in [0.1, 0.15) is 72.6 Å². The summed E-state index contributed by atoms with van der Waals surface area (Å²) >= 11 is 0. The summed E-state index contributed by atoms with van der Waals surface area (Å²) in [6.45, 7) is 7.40. The summed E-state index contributed by atoms with van der Waals surface area (Å²) in [7, 11) is -4.19. The molecule has 2 aromatic carbocycles. The molecule has 1 N–H and O–H groups in total. The highest BCUT2D eigenvalue weighted by molar-refractivity contribution is 7.92. The third-order valence-electron chi connectivity index (χ3n) is 9.86. The Labute approximate surface area is 293 Å². The molecule has 2 aliphatic heterocycles. The van der Waals surface area contributed by atoms with E-state index in [4.69, 9.17) is 14.5 Å². The third-order valence-corrected chi connectivity index (χ3v) is 11.2. The van der Waals surface area contributed by atoms with Crippen molar-refractivity contribution in [2.24, 2.45) is 0 Å². The van der Waals surface area contributed by atoms with Gasteiger partial charge in [0.25, 0.3) is 15.9 Å². The molecule has 4 heterocycles. The van der Waals surface area contributed by atoms with Crippen LogP contribution in [0.15, 0.2) is 65.8 Å². The summed E-state index contributed by atoms with van der Waals surface area (Å²) in [5.41, 5.74) is 4.13. The molecule has 12 nitrogen and oxygen atoms in total. The minimum Gasteiger partial charge on any atom is -0.475 e. The highest BCUT2D eigenvalue weighted by Crippen LogP contribution is 2.31. The number of hydrogen-bond donors (Lipinski definition) is 1. The predicted molar refractivity (Wildman–Crippen MR) is 190 cm³/mol. The van der Waals surface area contributed by atoms with Gasteiger partial charge in [0.15, 0.2) is 0 Å². The number of amides is 1. The Kier molecular flexibility index (Phi) is 9.69. The molecule has 1 saturated carbocycles. The Morgan fingerprint density at radius 1 is 0.960 bits per heavy atom. The van der Waals surface area contributed by atoms with Gasteiger partial charge in [-0.2, -0.15) is 4.98 Å². The average Bonchev–Trinajstić information content (AvgIpc) is 3.08. The van der Waals surface area contributed by atoms with Crippen molar-refractivity contribution in [2.75, 3.05) is 29.4 Å². The second kappa shape index (κ2) is 14.3. The number of aryl methyl sites for hydroxylation is 2. The first-order valence-electron chi connectivity index (χ1n) is 17.4. The molecule has 1 saturated heterocycles. The molecule has 0 unspecified atom stereocenters. The summed E-state index contributed by atoms with van der Waals surface area (Å²) < 4.78 is 42.7. The Hall–Kier alpha value is -4.62. The Morgan fingerprint density at radius 2 is 1.76 bits per heavy atom. The highest BCUT2D eigenvalue weighted by Gasteiger charge is 2.31. The number of fused-ring (bicyclic) bond motifs is 4. The fourth-order valence-corrected chi connectivity index (χ4v) is 7.81. The quantitative estimate of drug-likeness (QED) is 0.256. The van der Waals surface area contributed by atoms with Gasteiger partial charge < -0.3 is 19.3 Å². The molecule has 2 aromatic heterocycles. The van der Waals surface area contributed by atoms with Crippen LogP contribution in [-0.4, -0.2) is 77.1 Å². The Morgan fingerprint density at radius 3 is 2.52 bits per heavy atom. The average molecular weight is 698 g/mol. The van der Waals surface area contributed by atoms with E-state index < -0.39 is 16.1 Å². The first-order chi connectivity index (χ1) is 24.1. The van der Waals surface area contributed by atoms with Crippen LogP contribution < -0.4 is 14.4 Å². The number of hydrogen-bond acceptors (Lipinski definition) is 10. The molecule has 7 rings (SSSR count). The fourth-order valence-electron chi connectivity index (χ4n) is 6.82. The lowest BCUT2D eigenvalue weighted by atomic mass is 9.96. The van der Waals surface area contributed by atoms with Crippen molar-refractivity contribution in [3.8, 4) is 17.1 Å². The molecule has 50 heavy (non-hydrogen) atoms. The van der Waals surface area contributed by atoms with Crippen LogP contribution in [0.25, 0.3) is 11.3 Å². The topological polar surface area (TPSA) is 140 Å². The van der Waals surface area contributed by atoms with Crippen LogP contribution in [0.5, 0.6) is 5.88 Å². The lowest BCUT2D eigenvalue weighted by molar-refractivity contribution is -0.0349. The maximum atomic E-state index is 14.5. The molecule has 4 aromatic rings. The van der Waals surface area contributed by atoms with Crippen molar-refractivity contribution >= 4 is 27.7 Å². The molecule has 1 amide bonds. The zero-order valence-electron chi connectivity index (χ0n) is 28.7. The molecular weight excluding hydrogens is 655 g/mol. The van der Waals surface area contributed by atoms with Gasteiger partial charge in [0.2, 0.25) is 11.8 Å². The number of nitrogens with zero attached hydrogens (tertiary/aromatic N) is 6. The molecule has 262 valence electrons. The van der Waals surface area contributed by atoms with Crippen LogP contribution in [0.4, 0.5) is 11.8 Å². The highest BCUT2D eigenvalue weighted by atomic mass is 32.2. The molecule has 13 heteroatoms. The van der Waals surface area contributed by atoms with Gasteiger partial charge >= 0.3 is 0 Å². The number of benzene rings is 2. The minimum absolute atomic E-state index is 0.0316. The minimum atomic E-state index is -4.19. The van der Waals surface area contributed by atoms with Crippen LogP contribution in [-0.2, 0) is 21.3 Å². The van der Waals surface area contributed by atoms with E-state index in [0.717, 1.165) is 61.2 Å². The molecule has 0 radical (unpaired) electrons. The van der Waals surface area contributed by atoms with Crippen molar-refractivity contribution in [2.45, 2.75) is 88.9 Å². The number of piperidine rings is 1. The van der Waals surface area contributed by atoms with Crippen LogP contribution >= 0.6 is 0 Å². The summed E-state index contributed by atoms with van der Waals surface area (Å²) in [6.07, 6.45) is 9.93. The smallest absolute Gasteiger partial charge is 0.264 e. The number of carbonyl (C=O) groups is 1. The van der Waals surface area contributed by atoms with E-state index in [-0.39, 0.29) is 54.1 Å². The van der Waals surface area contributed by atoms with Crippen molar-refractivity contribution < 1.29 is 22.7 Å². The monoisotopic (exact) mass is 697 g/mol. The third kappa shape index (κ3) is 7.29.